The molecule has 0 spiro atoms. The lowest BCUT2D eigenvalue weighted by atomic mass is 9.97. The summed E-state index contributed by atoms with van der Waals surface area (Å²) in [5.74, 6) is -1.07. The van der Waals surface area contributed by atoms with Crippen molar-refractivity contribution in [1.29, 1.82) is 5.41 Å². The third-order valence-corrected chi connectivity index (χ3v) is 8.90. The number of benzene rings is 2. The lowest BCUT2D eigenvalue weighted by Gasteiger charge is -2.36. The predicted octanol–water partition coefficient (Wildman–Crippen LogP) is 4.08. The topological polar surface area (TPSA) is 161 Å². The molecule has 3 aliphatic rings. The number of piperazine rings is 1. The Kier molecular flexibility index (Phi) is 18.4. The van der Waals surface area contributed by atoms with E-state index in [2.05, 4.69) is 5.73 Å². The number of carbonyl (C=O) groups excluding carboxylic acids is 4. The van der Waals surface area contributed by atoms with E-state index in [0.29, 0.717) is 81.6 Å². The van der Waals surface area contributed by atoms with Crippen molar-refractivity contribution in [1.82, 2.24) is 19.6 Å². The van der Waals surface area contributed by atoms with Gasteiger partial charge in [-0.2, -0.15) is 13.5 Å². The molecule has 0 aromatic heterocycles. The molecule has 288 valence electrons. The zero-order chi connectivity index (χ0) is 37.6. The molecule has 0 unspecified atom stereocenters. The zero-order valence-electron chi connectivity index (χ0n) is 31.0. The van der Waals surface area contributed by atoms with Crippen molar-refractivity contribution in [3.63, 3.8) is 0 Å². The molecule has 52 heavy (non-hydrogen) atoms. The molecule has 3 amide bonds. The van der Waals surface area contributed by atoms with E-state index in [0.717, 1.165) is 25.9 Å². The van der Waals surface area contributed by atoms with Crippen molar-refractivity contribution >= 4 is 43.4 Å². The van der Waals surface area contributed by atoms with Crippen LogP contribution in [0.1, 0.15) is 84.7 Å². The van der Waals surface area contributed by atoms with E-state index in [1.54, 1.807) is 45.0 Å². The summed E-state index contributed by atoms with van der Waals surface area (Å²) in [7, 11) is 1.50. The van der Waals surface area contributed by atoms with Gasteiger partial charge in [0.05, 0.1) is 18.2 Å². The first-order chi connectivity index (χ1) is 24.3. The Labute approximate surface area is 314 Å². The summed E-state index contributed by atoms with van der Waals surface area (Å²) in [5, 5.41) is 18.0. The van der Waals surface area contributed by atoms with E-state index in [1.807, 2.05) is 25.7 Å². The first kappa shape index (κ1) is 44.3. The van der Waals surface area contributed by atoms with Gasteiger partial charge in [0.2, 0.25) is 5.91 Å². The van der Waals surface area contributed by atoms with Crippen LogP contribution in [-0.2, 0) is 16.0 Å². The van der Waals surface area contributed by atoms with Crippen LogP contribution in [0.5, 0.6) is 0 Å². The van der Waals surface area contributed by atoms with Crippen molar-refractivity contribution in [3.05, 3.63) is 70.5 Å². The van der Waals surface area contributed by atoms with E-state index in [9.17, 15) is 28.7 Å². The fourth-order valence-corrected chi connectivity index (χ4v) is 6.12. The van der Waals surface area contributed by atoms with Crippen LogP contribution in [0, 0.1) is 11.2 Å². The highest BCUT2D eigenvalue weighted by Crippen LogP contribution is 2.19. The lowest BCUT2D eigenvalue weighted by Crippen LogP contribution is -2.53. The fraction of sp³-hybridized carbons (Fsp3) is 0.553. The molecule has 0 saturated carbocycles. The Hall–Kier alpha value is -3.85. The predicted molar refractivity (Wildman–Crippen MR) is 205 cm³/mol. The molecule has 0 bridgehead atoms. The second kappa shape index (κ2) is 21.6. The molecule has 3 aliphatic heterocycles. The van der Waals surface area contributed by atoms with Crippen molar-refractivity contribution in [2.24, 2.45) is 5.73 Å². The minimum atomic E-state index is -0.630. The fourth-order valence-electron chi connectivity index (χ4n) is 6.12. The Morgan fingerprint density at radius 3 is 2.08 bits per heavy atom. The molecule has 5 rings (SSSR count). The van der Waals surface area contributed by atoms with Gasteiger partial charge < -0.3 is 35.7 Å². The van der Waals surface area contributed by atoms with Crippen LogP contribution in [0.2, 0.25) is 0 Å². The van der Waals surface area contributed by atoms with Crippen LogP contribution in [-0.4, -0.2) is 132 Å². The summed E-state index contributed by atoms with van der Waals surface area (Å²) in [5.41, 5.74) is 5.80. The number of aldehydes is 1. The summed E-state index contributed by atoms with van der Waals surface area (Å²) < 4.78 is 19.9. The Bertz CT molecular complexity index is 1480. The first-order valence-electron chi connectivity index (χ1n) is 17.8. The maximum atomic E-state index is 14.6. The second-order valence-corrected chi connectivity index (χ2v) is 13.9. The van der Waals surface area contributed by atoms with E-state index < -0.39 is 11.7 Å². The molecule has 12 nitrogen and oxygen atoms in total. The number of rotatable bonds is 7. The van der Waals surface area contributed by atoms with Crippen molar-refractivity contribution in [3.8, 4) is 0 Å². The second-order valence-electron chi connectivity index (χ2n) is 13.9. The molecule has 0 atom stereocenters. The number of amides is 3. The molecule has 2 aromatic carbocycles. The molecular weight excluding hydrogens is 688 g/mol. The number of nitrogens with zero attached hydrogens (tertiary/aromatic N) is 4. The number of nitrogens with one attached hydrogen (secondary N) is 1. The van der Waals surface area contributed by atoms with E-state index in [1.165, 1.54) is 25.6 Å². The van der Waals surface area contributed by atoms with Crippen LogP contribution >= 0.6 is 13.5 Å². The number of aliphatic hydroxyl groups is 1. The zero-order valence-corrected chi connectivity index (χ0v) is 32.0. The van der Waals surface area contributed by atoms with Crippen LogP contribution in [0.4, 0.5) is 9.18 Å². The van der Waals surface area contributed by atoms with Gasteiger partial charge in [-0.05, 0) is 77.6 Å². The molecular formula is C38H57FN6O6S. The Morgan fingerprint density at radius 1 is 0.885 bits per heavy atom. The van der Waals surface area contributed by atoms with Gasteiger partial charge in [0.15, 0.2) is 6.29 Å². The smallest absolute Gasteiger partial charge is 0.410 e. The number of likely N-dealkylation sites (tertiary alicyclic amines) is 2. The largest absolute Gasteiger partial charge is 0.444 e. The average Bonchev–Trinajstić information content (AvgIpc) is 3.14. The van der Waals surface area contributed by atoms with Crippen molar-refractivity contribution < 1.29 is 33.4 Å². The van der Waals surface area contributed by atoms with Gasteiger partial charge in [-0.25, -0.2) is 9.18 Å². The standard InChI is InChI=1S/C27H31FN4O4.C10H19NO2.CH5N.H2S/c28-24-6-5-19(16-25(29)22-4-2-1-3-20(22)18-33)15-23(24)27(36)32-13-11-31(12-14-32)26(35)17-30-9-7-21(34)8-10-30;1-10(2,3)13-9(12)11-7-5-4-6-8-11;1-2;/h1-6,15,18,21,29,34H,7-14,16-17H2;4-8H2,1-3H3;2H2,1H3;1H2. The van der Waals surface area contributed by atoms with Crippen molar-refractivity contribution in [2.75, 3.05) is 66.0 Å². The van der Waals surface area contributed by atoms with Gasteiger partial charge in [-0.15, -0.1) is 0 Å². The lowest BCUT2D eigenvalue weighted by molar-refractivity contribution is -0.134. The summed E-state index contributed by atoms with van der Waals surface area (Å²) in [6, 6.07) is 11.0. The molecule has 3 fully saturated rings. The minimum absolute atomic E-state index is 0. The third-order valence-electron chi connectivity index (χ3n) is 8.90. The molecule has 0 radical (unpaired) electrons. The Morgan fingerprint density at radius 2 is 1.48 bits per heavy atom. The van der Waals surface area contributed by atoms with Gasteiger partial charge >= 0.3 is 6.09 Å². The number of nitrogens with two attached hydrogens (primary N) is 1. The SMILES string of the molecule is CC(C)(C)OC(=O)N1CCCCC1.CN.N=C(Cc1ccc(F)c(C(=O)N2CCN(C(=O)CN3CCC(O)CC3)CC2)c1)c1ccccc1C=O.S. The summed E-state index contributed by atoms with van der Waals surface area (Å²) >= 11 is 0. The number of ether oxygens (including phenoxy) is 1. The highest BCUT2D eigenvalue weighted by atomic mass is 32.1. The quantitative estimate of drug-likeness (QED) is 0.283. The molecule has 3 saturated heterocycles. The van der Waals surface area contributed by atoms with Crippen molar-refractivity contribution in [2.45, 2.75) is 71.0 Å². The molecule has 2 aromatic rings. The van der Waals surface area contributed by atoms with Crippen LogP contribution in [0.15, 0.2) is 42.5 Å². The molecule has 14 heteroatoms. The van der Waals surface area contributed by atoms with Crippen LogP contribution < -0.4 is 5.73 Å². The number of aliphatic hydroxyl groups excluding tert-OH is 1. The summed E-state index contributed by atoms with van der Waals surface area (Å²) in [4.78, 5) is 55.7. The first-order valence-corrected chi connectivity index (χ1v) is 17.8. The summed E-state index contributed by atoms with van der Waals surface area (Å²) in [6.45, 7) is 10.5. The summed E-state index contributed by atoms with van der Waals surface area (Å²) in [6.07, 6.45) is 5.20. The highest BCUT2D eigenvalue weighted by molar-refractivity contribution is 7.59. The van der Waals surface area contributed by atoms with E-state index in [-0.39, 0.29) is 54.9 Å². The number of carbonyl (C=O) groups is 4. The molecule has 3 heterocycles. The highest BCUT2D eigenvalue weighted by Gasteiger charge is 2.28. The van der Waals surface area contributed by atoms with E-state index in [4.69, 9.17) is 10.1 Å². The average molecular weight is 745 g/mol. The minimum Gasteiger partial charge on any atom is -0.444 e. The number of hydrogen-bond acceptors (Lipinski definition) is 9. The normalized spacial score (nSPS) is 16.6. The number of halogens is 1. The molecule has 0 aliphatic carbocycles. The molecule has 4 N–H and O–H groups in total. The van der Waals surface area contributed by atoms with Crippen LogP contribution in [0.25, 0.3) is 0 Å². The van der Waals surface area contributed by atoms with Gasteiger partial charge in [0.25, 0.3) is 5.91 Å². The van der Waals surface area contributed by atoms with E-state index >= 15 is 0 Å². The van der Waals surface area contributed by atoms with Gasteiger partial charge in [0, 0.05) is 75.6 Å². The monoisotopic (exact) mass is 744 g/mol. The number of hydrogen-bond donors (Lipinski definition) is 3. The maximum absolute atomic E-state index is 14.6. The van der Waals surface area contributed by atoms with Gasteiger partial charge in [-0.1, -0.05) is 30.3 Å². The van der Waals surface area contributed by atoms with Crippen LogP contribution in [0.3, 0.4) is 0 Å². The Balaban J connectivity index is 0.000000493. The van der Waals surface area contributed by atoms with Gasteiger partial charge in [0.1, 0.15) is 11.4 Å². The maximum Gasteiger partial charge on any atom is 0.410 e. The van der Waals surface area contributed by atoms with Gasteiger partial charge in [-0.3, -0.25) is 19.3 Å². The third kappa shape index (κ3) is 13.6. The number of piperidine rings is 2.